The lowest BCUT2D eigenvalue weighted by molar-refractivity contribution is -0.225. The van der Waals surface area contributed by atoms with E-state index in [-0.39, 0.29) is 18.1 Å². The summed E-state index contributed by atoms with van der Waals surface area (Å²) < 4.78 is 0. The van der Waals surface area contributed by atoms with E-state index in [1.54, 1.807) is 0 Å². The van der Waals surface area contributed by atoms with Crippen LogP contribution in [0.2, 0.25) is 0 Å². The number of aliphatic hydroxyl groups excluding tert-OH is 2. The molecule has 6 aliphatic rings. The van der Waals surface area contributed by atoms with Crippen LogP contribution in [-0.2, 0) is 0 Å². The Morgan fingerprint density at radius 3 is 2.33 bits per heavy atom. The van der Waals surface area contributed by atoms with Gasteiger partial charge >= 0.3 is 0 Å². The molecule has 0 aromatic carbocycles. The molecule has 11 unspecified atom stereocenters. The molecule has 4 N–H and O–H groups in total. The van der Waals surface area contributed by atoms with Crippen molar-refractivity contribution in [2.45, 2.75) is 82.0 Å². The van der Waals surface area contributed by atoms with Crippen molar-refractivity contribution in [1.82, 2.24) is 0 Å². The molecule has 6 saturated carbocycles. The minimum absolute atomic E-state index is 0.0598. The van der Waals surface area contributed by atoms with E-state index in [0.29, 0.717) is 53.8 Å². The molecule has 0 radical (unpaired) electrons. The SMILES string of the molecule is CC12CCC(O)CC1(O)C1CC1C1C3C4CC4[C@@](O)(CCCO)C3CCC12. The van der Waals surface area contributed by atoms with Gasteiger partial charge in [0.15, 0.2) is 0 Å². The summed E-state index contributed by atoms with van der Waals surface area (Å²) in [7, 11) is 0. The Balaban J connectivity index is 1.35. The summed E-state index contributed by atoms with van der Waals surface area (Å²) in [6.45, 7) is 2.52. The predicted molar refractivity (Wildman–Crippen MR) is 101 cm³/mol. The molecule has 0 spiro atoms. The number of aliphatic hydroxyl groups is 4. The molecule has 0 bridgehead atoms. The lowest BCUT2D eigenvalue weighted by Crippen LogP contribution is -2.64. The highest BCUT2D eigenvalue weighted by Gasteiger charge is 2.78. The Labute approximate surface area is 162 Å². The van der Waals surface area contributed by atoms with E-state index in [1.807, 2.05) is 0 Å². The summed E-state index contributed by atoms with van der Waals surface area (Å²) in [4.78, 5) is 0. The fraction of sp³-hybridized carbons (Fsp3) is 1.00. The number of rotatable bonds is 3. The molecule has 0 aromatic rings. The molecule has 6 aliphatic carbocycles. The molecular weight excluding hydrogens is 340 g/mol. The van der Waals surface area contributed by atoms with E-state index >= 15 is 0 Å². The number of hydrogen-bond donors (Lipinski definition) is 4. The molecule has 6 rings (SSSR count). The lowest BCUT2D eigenvalue weighted by atomic mass is 9.44. The van der Waals surface area contributed by atoms with E-state index < -0.39 is 11.2 Å². The molecule has 152 valence electrons. The predicted octanol–water partition coefficient (Wildman–Crippen LogP) is 2.33. The first-order chi connectivity index (χ1) is 12.8. The third-order valence-electron chi connectivity index (χ3n) is 10.8. The molecular formula is C23H36O4. The van der Waals surface area contributed by atoms with Gasteiger partial charge in [-0.3, -0.25) is 0 Å². The molecule has 0 saturated heterocycles. The quantitative estimate of drug-likeness (QED) is 0.609. The van der Waals surface area contributed by atoms with E-state index in [4.69, 9.17) is 0 Å². The Hall–Kier alpha value is -0.160. The van der Waals surface area contributed by atoms with Crippen LogP contribution < -0.4 is 0 Å². The van der Waals surface area contributed by atoms with Gasteiger partial charge in [0.05, 0.1) is 17.3 Å². The molecule has 6 fully saturated rings. The lowest BCUT2D eigenvalue weighted by Gasteiger charge is -2.63. The van der Waals surface area contributed by atoms with Crippen molar-refractivity contribution in [3.63, 3.8) is 0 Å². The Morgan fingerprint density at radius 2 is 1.56 bits per heavy atom. The average Bonchev–Trinajstić information content (AvgIpc) is 3.53. The summed E-state index contributed by atoms with van der Waals surface area (Å²) in [5.41, 5.74) is -1.27. The van der Waals surface area contributed by atoms with Crippen molar-refractivity contribution in [3.05, 3.63) is 0 Å². The minimum atomic E-state index is -0.669. The Kier molecular flexibility index (Phi) is 3.47. The van der Waals surface area contributed by atoms with Gasteiger partial charge in [0.1, 0.15) is 0 Å². The van der Waals surface area contributed by atoms with Gasteiger partial charge in [-0.2, -0.15) is 0 Å². The van der Waals surface area contributed by atoms with Gasteiger partial charge in [-0.05, 0) is 104 Å². The van der Waals surface area contributed by atoms with Gasteiger partial charge in [0.25, 0.3) is 0 Å². The first kappa shape index (κ1) is 17.7. The fourth-order valence-corrected chi connectivity index (χ4v) is 9.65. The largest absolute Gasteiger partial charge is 0.396 e. The van der Waals surface area contributed by atoms with E-state index in [2.05, 4.69) is 6.92 Å². The fourth-order valence-electron chi connectivity index (χ4n) is 9.65. The van der Waals surface area contributed by atoms with Crippen molar-refractivity contribution in [3.8, 4) is 0 Å². The van der Waals surface area contributed by atoms with Crippen LogP contribution in [0.5, 0.6) is 0 Å². The van der Waals surface area contributed by atoms with Crippen molar-refractivity contribution >= 4 is 0 Å². The summed E-state index contributed by atoms with van der Waals surface area (Å²) in [6, 6.07) is 0. The molecule has 0 amide bonds. The maximum absolute atomic E-state index is 11.8. The molecule has 4 heteroatoms. The van der Waals surface area contributed by atoms with Crippen LogP contribution >= 0.6 is 0 Å². The van der Waals surface area contributed by atoms with Crippen molar-refractivity contribution in [2.75, 3.05) is 6.61 Å². The second-order valence-corrected chi connectivity index (χ2v) is 11.5. The van der Waals surface area contributed by atoms with E-state index in [9.17, 15) is 20.4 Å². The molecule has 0 aliphatic heterocycles. The van der Waals surface area contributed by atoms with Crippen LogP contribution in [0.3, 0.4) is 0 Å². The standard InChI is InChI=1S/C23H36O4/c1-21-7-5-12(25)11-23(21,27)18-10-14(18)19-15(21)3-4-16-20(19)13-9-17(13)22(16,26)6-2-8-24/h12-20,24-27H,2-11H2,1H3/t12?,13?,14?,15?,16?,17?,18?,19?,20?,21?,22-,23?/m1/s1. The van der Waals surface area contributed by atoms with Gasteiger partial charge in [-0.15, -0.1) is 0 Å². The zero-order valence-electron chi connectivity index (χ0n) is 16.6. The minimum Gasteiger partial charge on any atom is -0.396 e. The topological polar surface area (TPSA) is 80.9 Å². The van der Waals surface area contributed by atoms with E-state index in [0.717, 1.165) is 44.9 Å². The molecule has 0 aromatic heterocycles. The monoisotopic (exact) mass is 376 g/mol. The Morgan fingerprint density at radius 1 is 0.889 bits per heavy atom. The second kappa shape index (κ2) is 5.30. The maximum atomic E-state index is 11.8. The van der Waals surface area contributed by atoms with Crippen LogP contribution in [0.15, 0.2) is 0 Å². The highest BCUT2D eigenvalue weighted by Crippen LogP contribution is 2.79. The maximum Gasteiger partial charge on any atom is 0.0759 e. The Bertz CT molecular complexity index is 652. The first-order valence-electron chi connectivity index (χ1n) is 11.6. The van der Waals surface area contributed by atoms with Crippen LogP contribution in [0.4, 0.5) is 0 Å². The number of fused-ring (bicyclic) bond motifs is 10. The zero-order valence-corrected chi connectivity index (χ0v) is 16.6. The molecule has 12 atom stereocenters. The van der Waals surface area contributed by atoms with E-state index in [1.165, 1.54) is 6.42 Å². The summed E-state index contributed by atoms with van der Waals surface area (Å²) in [5.74, 6) is 4.44. The zero-order chi connectivity index (χ0) is 18.8. The molecule has 27 heavy (non-hydrogen) atoms. The second-order valence-electron chi connectivity index (χ2n) is 11.5. The van der Waals surface area contributed by atoms with Gasteiger partial charge in [-0.25, -0.2) is 0 Å². The first-order valence-corrected chi connectivity index (χ1v) is 11.6. The summed E-state index contributed by atoms with van der Waals surface area (Å²) in [5, 5.41) is 43.0. The van der Waals surface area contributed by atoms with Gasteiger partial charge in [0.2, 0.25) is 0 Å². The molecule has 0 heterocycles. The van der Waals surface area contributed by atoms with Crippen LogP contribution in [0.1, 0.15) is 64.7 Å². The third-order valence-corrected chi connectivity index (χ3v) is 10.8. The van der Waals surface area contributed by atoms with Crippen LogP contribution in [0.25, 0.3) is 0 Å². The van der Waals surface area contributed by atoms with Crippen LogP contribution in [0, 0.1) is 52.8 Å². The van der Waals surface area contributed by atoms with Gasteiger partial charge in [0, 0.05) is 13.0 Å². The molecule has 4 nitrogen and oxygen atoms in total. The summed E-state index contributed by atoms with van der Waals surface area (Å²) in [6.07, 6.45) is 8.06. The average molecular weight is 377 g/mol. The third kappa shape index (κ3) is 1.99. The normalized spacial score (nSPS) is 65.4. The van der Waals surface area contributed by atoms with Gasteiger partial charge < -0.3 is 20.4 Å². The van der Waals surface area contributed by atoms with Crippen molar-refractivity contribution in [1.29, 1.82) is 0 Å². The van der Waals surface area contributed by atoms with Crippen molar-refractivity contribution in [2.24, 2.45) is 52.8 Å². The smallest absolute Gasteiger partial charge is 0.0759 e. The highest BCUT2D eigenvalue weighted by molar-refractivity contribution is 5.26. The highest BCUT2D eigenvalue weighted by atomic mass is 16.3. The summed E-state index contributed by atoms with van der Waals surface area (Å²) >= 11 is 0. The van der Waals surface area contributed by atoms with Gasteiger partial charge in [-0.1, -0.05) is 6.92 Å². The number of hydrogen-bond acceptors (Lipinski definition) is 4. The van der Waals surface area contributed by atoms with Crippen LogP contribution in [-0.4, -0.2) is 44.3 Å². The van der Waals surface area contributed by atoms with Crippen molar-refractivity contribution < 1.29 is 20.4 Å².